The number of carbonyl (C=O) groups is 3. The molecule has 2 aromatic rings. The molecule has 1 fully saturated rings. The molecular weight excluding hydrogens is 420 g/mol. The molecule has 1 aromatic carbocycles. The summed E-state index contributed by atoms with van der Waals surface area (Å²) in [7, 11) is 0. The number of halogens is 1. The molecule has 1 aliphatic heterocycles. The molecule has 2 heterocycles. The number of aromatic hydroxyl groups is 1. The van der Waals surface area contributed by atoms with Gasteiger partial charge in [0.2, 0.25) is 0 Å². The van der Waals surface area contributed by atoms with Crippen LogP contribution in [0.4, 0.5) is 4.79 Å². The molecule has 9 heteroatoms. The maximum Gasteiger partial charge on any atom is 0.331 e. The summed E-state index contributed by atoms with van der Waals surface area (Å²) in [4.78, 5) is 37.7. The minimum atomic E-state index is -0.819. The Morgan fingerprint density at radius 1 is 1.33 bits per heavy atom. The second-order valence-corrected chi connectivity index (χ2v) is 6.42. The molecule has 0 radical (unpaired) electrons. The molecule has 140 valence electrons. The molecule has 0 atom stereocenters. The largest absolute Gasteiger partial charge is 0.503 e. The number of furan rings is 1. The van der Waals surface area contributed by atoms with Gasteiger partial charge in [0.15, 0.2) is 11.5 Å². The molecule has 8 nitrogen and oxygen atoms in total. The minimum Gasteiger partial charge on any atom is -0.503 e. The average molecular weight is 435 g/mol. The van der Waals surface area contributed by atoms with Gasteiger partial charge >= 0.3 is 6.03 Å². The first kappa shape index (κ1) is 18.7. The highest BCUT2D eigenvalue weighted by Crippen LogP contribution is 2.36. The zero-order chi connectivity index (χ0) is 19.6. The molecule has 0 unspecified atom stereocenters. The average Bonchev–Trinajstić information content (AvgIpc) is 3.13. The standard InChI is InChI=1S/C18H15BrN2O6/c1-2-26-14-8-10(7-13(19)15(14)22)6-12-16(23)20-18(25)21(17(12)24)9-11-4-3-5-27-11/h3-8,22H,2,9H2,1H3,(H,20,23,25). The van der Waals surface area contributed by atoms with E-state index >= 15 is 0 Å². The Morgan fingerprint density at radius 2 is 2.11 bits per heavy atom. The van der Waals surface area contributed by atoms with Crippen LogP contribution in [0.1, 0.15) is 18.2 Å². The van der Waals surface area contributed by atoms with Crippen molar-refractivity contribution in [1.82, 2.24) is 10.2 Å². The third-order valence-corrected chi connectivity index (χ3v) is 4.35. The quantitative estimate of drug-likeness (QED) is 0.552. The lowest BCUT2D eigenvalue weighted by atomic mass is 10.1. The van der Waals surface area contributed by atoms with E-state index in [4.69, 9.17) is 9.15 Å². The van der Waals surface area contributed by atoms with Gasteiger partial charge in [-0.3, -0.25) is 19.8 Å². The van der Waals surface area contributed by atoms with E-state index in [1.54, 1.807) is 19.1 Å². The van der Waals surface area contributed by atoms with Crippen LogP contribution in [0.2, 0.25) is 0 Å². The van der Waals surface area contributed by atoms with Gasteiger partial charge in [0.25, 0.3) is 11.8 Å². The fourth-order valence-electron chi connectivity index (χ4n) is 2.51. The molecule has 0 bridgehead atoms. The number of imide groups is 2. The first-order valence-electron chi connectivity index (χ1n) is 7.97. The second kappa shape index (κ2) is 7.67. The molecule has 0 saturated carbocycles. The van der Waals surface area contributed by atoms with Crippen LogP contribution in [0.25, 0.3) is 6.08 Å². The van der Waals surface area contributed by atoms with Crippen LogP contribution >= 0.6 is 15.9 Å². The number of barbiturate groups is 1. The Bertz CT molecular complexity index is 936. The number of phenols is 1. The van der Waals surface area contributed by atoms with Crippen molar-refractivity contribution in [3.63, 3.8) is 0 Å². The number of nitrogens with zero attached hydrogens (tertiary/aromatic N) is 1. The number of hydrogen-bond donors (Lipinski definition) is 2. The SMILES string of the molecule is CCOc1cc(C=C2C(=O)NC(=O)N(Cc3ccco3)C2=O)cc(Br)c1O. The number of rotatable bonds is 5. The normalized spacial score (nSPS) is 16.0. The van der Waals surface area contributed by atoms with Gasteiger partial charge in [-0.2, -0.15) is 0 Å². The van der Waals surface area contributed by atoms with Gasteiger partial charge in [-0.05, 0) is 58.8 Å². The Kier molecular flexibility index (Phi) is 5.31. The Morgan fingerprint density at radius 3 is 2.78 bits per heavy atom. The van der Waals surface area contributed by atoms with Gasteiger partial charge in [0.1, 0.15) is 11.3 Å². The molecule has 1 aromatic heterocycles. The molecule has 1 saturated heterocycles. The van der Waals surface area contributed by atoms with Crippen molar-refractivity contribution in [2.75, 3.05) is 6.61 Å². The number of phenolic OH excluding ortho intramolecular Hbond substituents is 1. The summed E-state index contributed by atoms with van der Waals surface area (Å²) in [6, 6.07) is 5.45. The van der Waals surface area contributed by atoms with Gasteiger partial charge in [0, 0.05) is 0 Å². The first-order valence-corrected chi connectivity index (χ1v) is 8.76. The third kappa shape index (κ3) is 3.87. The second-order valence-electron chi connectivity index (χ2n) is 5.57. The lowest BCUT2D eigenvalue weighted by Gasteiger charge is -2.25. The van der Waals surface area contributed by atoms with E-state index in [9.17, 15) is 19.5 Å². The minimum absolute atomic E-state index is 0.0898. The van der Waals surface area contributed by atoms with Crippen molar-refractivity contribution < 1.29 is 28.6 Å². The predicted molar refractivity (Wildman–Crippen MR) is 97.7 cm³/mol. The van der Waals surface area contributed by atoms with Crippen molar-refractivity contribution in [2.45, 2.75) is 13.5 Å². The van der Waals surface area contributed by atoms with Crippen LogP contribution in [-0.2, 0) is 16.1 Å². The fourth-order valence-corrected chi connectivity index (χ4v) is 2.96. The summed E-state index contributed by atoms with van der Waals surface area (Å²) < 4.78 is 10.8. The van der Waals surface area contributed by atoms with Crippen LogP contribution in [0.3, 0.4) is 0 Å². The van der Waals surface area contributed by atoms with Crippen LogP contribution in [0.5, 0.6) is 11.5 Å². The van der Waals surface area contributed by atoms with Gasteiger partial charge in [-0.1, -0.05) is 0 Å². The van der Waals surface area contributed by atoms with Crippen molar-refractivity contribution >= 4 is 39.9 Å². The Labute approximate surface area is 162 Å². The van der Waals surface area contributed by atoms with Crippen molar-refractivity contribution in [1.29, 1.82) is 0 Å². The van der Waals surface area contributed by atoms with Gasteiger partial charge in [0.05, 0.1) is 23.9 Å². The summed E-state index contributed by atoms with van der Waals surface area (Å²) in [5.41, 5.74) is 0.218. The summed E-state index contributed by atoms with van der Waals surface area (Å²) in [5.74, 6) is -1.04. The number of urea groups is 1. The molecule has 0 aliphatic carbocycles. The van der Waals surface area contributed by atoms with Crippen molar-refractivity contribution in [3.8, 4) is 11.5 Å². The van der Waals surface area contributed by atoms with Crippen LogP contribution in [-0.4, -0.2) is 34.5 Å². The summed E-state index contributed by atoms with van der Waals surface area (Å²) in [6.07, 6.45) is 2.75. The molecule has 3 rings (SSSR count). The zero-order valence-corrected chi connectivity index (χ0v) is 15.8. The molecule has 1 aliphatic rings. The number of benzene rings is 1. The monoisotopic (exact) mass is 434 g/mol. The van der Waals surface area contributed by atoms with E-state index in [0.717, 1.165) is 4.90 Å². The van der Waals surface area contributed by atoms with Gasteiger partial charge in [-0.15, -0.1) is 0 Å². The molecule has 0 spiro atoms. The van der Waals surface area contributed by atoms with Gasteiger partial charge < -0.3 is 14.3 Å². The maximum absolute atomic E-state index is 12.7. The highest BCUT2D eigenvalue weighted by atomic mass is 79.9. The first-order chi connectivity index (χ1) is 12.9. The van der Waals surface area contributed by atoms with Crippen molar-refractivity contribution in [2.24, 2.45) is 0 Å². The lowest BCUT2D eigenvalue weighted by molar-refractivity contribution is -0.130. The molecule has 27 heavy (non-hydrogen) atoms. The van der Waals surface area contributed by atoms with E-state index in [2.05, 4.69) is 21.2 Å². The van der Waals surface area contributed by atoms with Crippen LogP contribution in [0.15, 0.2) is 45.0 Å². The highest BCUT2D eigenvalue weighted by molar-refractivity contribution is 9.10. The molecule has 2 N–H and O–H groups in total. The molecular formula is C18H15BrN2O6. The zero-order valence-electron chi connectivity index (χ0n) is 14.2. The Hall–Kier alpha value is -3.07. The summed E-state index contributed by atoms with van der Waals surface area (Å²) >= 11 is 3.20. The topological polar surface area (TPSA) is 109 Å². The Balaban J connectivity index is 1.95. The maximum atomic E-state index is 12.7. The van der Waals surface area contributed by atoms with E-state index in [1.165, 1.54) is 24.5 Å². The van der Waals surface area contributed by atoms with Crippen LogP contribution < -0.4 is 10.1 Å². The van der Waals surface area contributed by atoms with E-state index < -0.39 is 17.8 Å². The highest BCUT2D eigenvalue weighted by Gasteiger charge is 2.36. The summed E-state index contributed by atoms with van der Waals surface area (Å²) in [5, 5.41) is 12.1. The lowest BCUT2D eigenvalue weighted by Crippen LogP contribution is -2.53. The van der Waals surface area contributed by atoms with Gasteiger partial charge in [-0.25, -0.2) is 4.79 Å². The number of carbonyl (C=O) groups excluding carboxylic acids is 3. The number of hydrogen-bond acceptors (Lipinski definition) is 6. The number of ether oxygens (including phenoxy) is 1. The van der Waals surface area contributed by atoms with E-state index in [-0.39, 0.29) is 23.6 Å². The van der Waals surface area contributed by atoms with E-state index in [1.807, 2.05) is 0 Å². The van der Waals surface area contributed by atoms with Crippen LogP contribution in [0, 0.1) is 0 Å². The molecule has 4 amide bonds. The predicted octanol–water partition coefficient (Wildman–Crippen LogP) is 2.81. The fraction of sp³-hybridized carbons (Fsp3) is 0.167. The summed E-state index contributed by atoms with van der Waals surface area (Å²) in [6.45, 7) is 1.98. The number of nitrogens with one attached hydrogen (secondary N) is 1. The van der Waals surface area contributed by atoms with Crippen molar-refractivity contribution in [3.05, 3.63) is 51.9 Å². The number of amides is 4. The third-order valence-electron chi connectivity index (χ3n) is 3.74. The van der Waals surface area contributed by atoms with E-state index in [0.29, 0.717) is 22.4 Å². The smallest absolute Gasteiger partial charge is 0.331 e.